The minimum Gasteiger partial charge on any atom is -0.317 e. The molecule has 6 heteroatoms. The molecule has 1 aliphatic rings. The molecule has 0 spiro atoms. The Hall–Kier alpha value is -2.05. The Bertz CT molecular complexity index is 826. The van der Waals surface area contributed by atoms with Crippen molar-refractivity contribution in [1.29, 1.82) is 0 Å². The summed E-state index contributed by atoms with van der Waals surface area (Å²) in [6, 6.07) is 11.0. The molecule has 124 valence electrons. The van der Waals surface area contributed by atoms with E-state index in [0.29, 0.717) is 11.5 Å². The van der Waals surface area contributed by atoms with E-state index in [1.807, 2.05) is 24.5 Å². The Balaban J connectivity index is 1.32. The van der Waals surface area contributed by atoms with Crippen molar-refractivity contribution in [3.63, 3.8) is 0 Å². The van der Waals surface area contributed by atoms with Gasteiger partial charge in [-0.3, -0.25) is 0 Å². The second kappa shape index (κ2) is 6.83. The number of aryl methyl sites for hydroxylation is 1. The fraction of sp³-hybridized carbons (Fsp3) is 0.333. The van der Waals surface area contributed by atoms with Crippen LogP contribution in [0.2, 0.25) is 0 Å². The quantitative estimate of drug-likeness (QED) is 0.772. The zero-order valence-electron chi connectivity index (χ0n) is 13.3. The van der Waals surface area contributed by atoms with Crippen molar-refractivity contribution >= 4 is 11.3 Å². The van der Waals surface area contributed by atoms with Gasteiger partial charge in [0.15, 0.2) is 0 Å². The number of benzene rings is 1. The fourth-order valence-corrected chi connectivity index (χ4v) is 4.18. The Kier molecular flexibility index (Phi) is 4.40. The van der Waals surface area contributed by atoms with Crippen molar-refractivity contribution in [2.75, 3.05) is 6.54 Å². The van der Waals surface area contributed by atoms with Gasteiger partial charge in [-0.2, -0.15) is 0 Å². The van der Waals surface area contributed by atoms with Crippen molar-refractivity contribution in [2.45, 2.75) is 25.9 Å². The van der Waals surface area contributed by atoms with Gasteiger partial charge in [-0.05, 0) is 30.5 Å². The minimum absolute atomic E-state index is 0.161. The lowest BCUT2D eigenvalue weighted by molar-refractivity contribution is 0.348. The molecule has 3 heterocycles. The van der Waals surface area contributed by atoms with E-state index < -0.39 is 0 Å². The number of hydrogen-bond acceptors (Lipinski definition) is 4. The zero-order valence-corrected chi connectivity index (χ0v) is 14.1. The molecule has 1 aromatic carbocycles. The van der Waals surface area contributed by atoms with Gasteiger partial charge < -0.3 is 9.88 Å². The lowest BCUT2D eigenvalue weighted by Gasteiger charge is -2.23. The van der Waals surface area contributed by atoms with Crippen molar-refractivity contribution in [3.8, 4) is 10.4 Å². The van der Waals surface area contributed by atoms with Gasteiger partial charge in [-0.1, -0.05) is 18.2 Å². The van der Waals surface area contributed by atoms with Crippen molar-refractivity contribution in [2.24, 2.45) is 5.92 Å². The Morgan fingerprint density at radius 3 is 3.08 bits per heavy atom. The van der Waals surface area contributed by atoms with Gasteiger partial charge in [0, 0.05) is 41.4 Å². The van der Waals surface area contributed by atoms with Crippen LogP contribution in [0.1, 0.15) is 17.1 Å². The van der Waals surface area contributed by atoms with Crippen LogP contribution >= 0.6 is 11.3 Å². The summed E-state index contributed by atoms with van der Waals surface area (Å²) in [7, 11) is 0. The number of thiophene rings is 1. The van der Waals surface area contributed by atoms with E-state index in [1.165, 1.54) is 10.9 Å². The number of nitrogens with one attached hydrogen (secondary N) is 1. The molecule has 0 aliphatic carbocycles. The van der Waals surface area contributed by atoms with Gasteiger partial charge in [0.05, 0.1) is 0 Å². The fourth-order valence-electron chi connectivity index (χ4n) is 3.17. The van der Waals surface area contributed by atoms with Gasteiger partial charge >= 0.3 is 0 Å². The van der Waals surface area contributed by atoms with Crippen LogP contribution in [0.4, 0.5) is 4.39 Å². The maximum Gasteiger partial charge on any atom is 0.132 e. The van der Waals surface area contributed by atoms with E-state index in [2.05, 4.69) is 26.1 Å². The smallest absolute Gasteiger partial charge is 0.132 e. The molecular weight excluding hydrogens is 323 g/mol. The highest BCUT2D eigenvalue weighted by molar-refractivity contribution is 7.15. The average Bonchev–Trinajstić information content (AvgIpc) is 3.24. The molecule has 4 rings (SSSR count). The molecule has 0 bridgehead atoms. The average molecular weight is 342 g/mol. The number of aromatic nitrogens is 3. The SMILES string of the molecule is Fc1ccccc1-c1ccc(CNC[C@@H]2CCc3nncn3C2)s1. The number of nitrogens with zero attached hydrogens (tertiary/aromatic N) is 3. The van der Waals surface area contributed by atoms with Crippen molar-refractivity contribution in [1.82, 2.24) is 20.1 Å². The maximum absolute atomic E-state index is 13.9. The Morgan fingerprint density at radius 2 is 2.17 bits per heavy atom. The molecular formula is C18H19FN4S. The lowest BCUT2D eigenvalue weighted by Crippen LogP contribution is -2.29. The highest BCUT2D eigenvalue weighted by Gasteiger charge is 2.19. The van der Waals surface area contributed by atoms with Crippen LogP contribution in [0.25, 0.3) is 10.4 Å². The summed E-state index contributed by atoms with van der Waals surface area (Å²) in [5, 5.41) is 11.6. The molecule has 1 aliphatic heterocycles. The van der Waals surface area contributed by atoms with Gasteiger partial charge in [0.2, 0.25) is 0 Å². The van der Waals surface area contributed by atoms with E-state index in [0.717, 1.165) is 43.2 Å². The number of rotatable bonds is 5. The molecule has 24 heavy (non-hydrogen) atoms. The van der Waals surface area contributed by atoms with E-state index in [-0.39, 0.29) is 5.82 Å². The summed E-state index contributed by atoms with van der Waals surface area (Å²) in [6.45, 7) is 2.79. The van der Waals surface area contributed by atoms with Crippen LogP contribution in [0.15, 0.2) is 42.7 Å². The van der Waals surface area contributed by atoms with E-state index in [9.17, 15) is 4.39 Å². The van der Waals surface area contributed by atoms with Crippen LogP contribution in [0, 0.1) is 11.7 Å². The normalized spacial score (nSPS) is 17.0. The monoisotopic (exact) mass is 342 g/mol. The molecule has 0 unspecified atom stereocenters. The van der Waals surface area contributed by atoms with Crippen LogP contribution in [0.5, 0.6) is 0 Å². The number of hydrogen-bond donors (Lipinski definition) is 1. The van der Waals surface area contributed by atoms with Gasteiger partial charge in [0.1, 0.15) is 18.0 Å². The Labute approximate surface area is 144 Å². The number of halogens is 1. The molecule has 1 N–H and O–H groups in total. The third kappa shape index (κ3) is 3.25. The summed E-state index contributed by atoms with van der Waals surface area (Å²) < 4.78 is 16.0. The predicted octanol–water partition coefficient (Wildman–Crippen LogP) is 3.50. The largest absolute Gasteiger partial charge is 0.317 e. The highest BCUT2D eigenvalue weighted by Crippen LogP contribution is 2.30. The van der Waals surface area contributed by atoms with Crippen molar-refractivity contribution in [3.05, 3.63) is 59.2 Å². The third-order valence-electron chi connectivity index (χ3n) is 4.46. The first kappa shape index (κ1) is 15.5. The predicted molar refractivity (Wildman–Crippen MR) is 93.3 cm³/mol. The first-order valence-electron chi connectivity index (χ1n) is 8.20. The molecule has 0 saturated heterocycles. The highest BCUT2D eigenvalue weighted by atomic mass is 32.1. The van der Waals surface area contributed by atoms with E-state index >= 15 is 0 Å². The van der Waals surface area contributed by atoms with Crippen molar-refractivity contribution < 1.29 is 4.39 Å². The Morgan fingerprint density at radius 1 is 1.25 bits per heavy atom. The summed E-state index contributed by atoms with van der Waals surface area (Å²) >= 11 is 1.65. The molecule has 0 radical (unpaired) electrons. The second-order valence-electron chi connectivity index (χ2n) is 6.18. The van der Waals surface area contributed by atoms with E-state index in [1.54, 1.807) is 17.4 Å². The molecule has 0 amide bonds. The first-order chi connectivity index (χ1) is 11.8. The van der Waals surface area contributed by atoms with Crippen LogP contribution < -0.4 is 5.32 Å². The first-order valence-corrected chi connectivity index (χ1v) is 9.02. The van der Waals surface area contributed by atoms with Gasteiger partial charge in [0.25, 0.3) is 0 Å². The molecule has 2 aromatic heterocycles. The summed E-state index contributed by atoms with van der Waals surface area (Å²) in [5.41, 5.74) is 0.682. The van der Waals surface area contributed by atoms with Crippen LogP contribution in [-0.4, -0.2) is 21.3 Å². The summed E-state index contributed by atoms with van der Waals surface area (Å²) in [4.78, 5) is 2.21. The summed E-state index contributed by atoms with van der Waals surface area (Å²) in [5.74, 6) is 1.55. The minimum atomic E-state index is -0.161. The third-order valence-corrected chi connectivity index (χ3v) is 5.58. The lowest BCUT2D eigenvalue weighted by atomic mass is 9.99. The molecule has 0 fully saturated rings. The van der Waals surface area contributed by atoms with Gasteiger partial charge in [-0.15, -0.1) is 21.5 Å². The standard InChI is InChI=1S/C18H19FN4S/c19-16-4-2-1-3-15(16)17-7-6-14(24-17)10-20-9-13-5-8-18-22-21-12-23(18)11-13/h1-4,6-7,12-13,20H,5,8-11H2/t13-/m0/s1. The maximum atomic E-state index is 13.9. The molecule has 3 aromatic rings. The molecule has 1 atom stereocenters. The van der Waals surface area contributed by atoms with Gasteiger partial charge in [-0.25, -0.2) is 4.39 Å². The topological polar surface area (TPSA) is 42.7 Å². The molecule has 0 saturated carbocycles. The molecule has 4 nitrogen and oxygen atoms in total. The van der Waals surface area contributed by atoms with Crippen LogP contribution in [0.3, 0.4) is 0 Å². The van der Waals surface area contributed by atoms with Crippen LogP contribution in [-0.2, 0) is 19.5 Å². The summed E-state index contributed by atoms with van der Waals surface area (Å²) in [6.07, 6.45) is 3.97. The number of fused-ring (bicyclic) bond motifs is 1. The van der Waals surface area contributed by atoms with E-state index in [4.69, 9.17) is 0 Å². The zero-order chi connectivity index (χ0) is 16.4. The second-order valence-corrected chi connectivity index (χ2v) is 7.35.